The minimum absolute atomic E-state index is 0.698. The Morgan fingerprint density at radius 3 is 2.86 bits per heavy atom. The zero-order valence-electron chi connectivity index (χ0n) is 8.11. The molecule has 72 valence electrons. The van der Waals surface area contributed by atoms with Crippen LogP contribution in [0.15, 0.2) is 24.5 Å². The van der Waals surface area contributed by atoms with E-state index in [-0.39, 0.29) is 0 Å². The number of hydrogen-bond donors (Lipinski definition) is 1. The maximum absolute atomic E-state index is 5.11. The van der Waals surface area contributed by atoms with Crippen molar-refractivity contribution in [1.82, 2.24) is 15.2 Å². The number of ether oxygens (including phenoxy) is 1. The van der Waals surface area contributed by atoms with Gasteiger partial charge in [0, 0.05) is 23.5 Å². The first kappa shape index (κ1) is 8.74. The zero-order valence-corrected chi connectivity index (χ0v) is 8.11. The number of aromatic nitrogens is 3. The van der Waals surface area contributed by atoms with Crippen molar-refractivity contribution in [2.75, 3.05) is 7.11 Å². The van der Waals surface area contributed by atoms with Gasteiger partial charge in [-0.3, -0.25) is 4.98 Å². The van der Waals surface area contributed by atoms with Gasteiger partial charge in [0.15, 0.2) is 0 Å². The highest BCUT2D eigenvalue weighted by Crippen LogP contribution is 2.25. The van der Waals surface area contributed by atoms with E-state index < -0.39 is 0 Å². The van der Waals surface area contributed by atoms with Crippen LogP contribution < -0.4 is 4.74 Å². The predicted molar refractivity (Wildman–Crippen MR) is 53.1 cm³/mol. The largest absolute Gasteiger partial charge is 0.481 e. The summed E-state index contributed by atoms with van der Waals surface area (Å²) < 4.78 is 5.11. The summed E-state index contributed by atoms with van der Waals surface area (Å²) >= 11 is 0. The van der Waals surface area contributed by atoms with E-state index in [9.17, 15) is 0 Å². The second kappa shape index (κ2) is 3.49. The van der Waals surface area contributed by atoms with Crippen molar-refractivity contribution in [3.8, 4) is 17.1 Å². The molecule has 0 aliphatic heterocycles. The Kier molecular flexibility index (Phi) is 2.18. The van der Waals surface area contributed by atoms with Gasteiger partial charge in [0.25, 0.3) is 0 Å². The molecule has 0 aromatic carbocycles. The van der Waals surface area contributed by atoms with Crippen LogP contribution in [0, 0.1) is 6.92 Å². The minimum Gasteiger partial charge on any atom is -0.481 e. The maximum Gasteiger partial charge on any atom is 0.212 e. The first-order valence-corrected chi connectivity index (χ1v) is 4.32. The zero-order chi connectivity index (χ0) is 9.97. The number of rotatable bonds is 2. The molecule has 0 fully saturated rings. The molecule has 2 heterocycles. The molecule has 14 heavy (non-hydrogen) atoms. The van der Waals surface area contributed by atoms with E-state index in [0.717, 1.165) is 16.8 Å². The van der Waals surface area contributed by atoms with Crippen molar-refractivity contribution in [3.63, 3.8) is 0 Å². The van der Waals surface area contributed by atoms with Crippen molar-refractivity contribution in [2.24, 2.45) is 0 Å². The second-order valence-electron chi connectivity index (χ2n) is 2.97. The van der Waals surface area contributed by atoms with E-state index in [1.165, 1.54) is 0 Å². The Bertz CT molecular complexity index is 422. The third kappa shape index (κ3) is 1.35. The highest BCUT2D eigenvalue weighted by molar-refractivity contribution is 5.63. The Morgan fingerprint density at radius 1 is 1.43 bits per heavy atom. The SMILES string of the molecule is COc1[nH]nc(-c2cccnc2)c1C. The third-order valence-corrected chi connectivity index (χ3v) is 2.10. The number of nitrogens with one attached hydrogen (secondary N) is 1. The van der Waals surface area contributed by atoms with Gasteiger partial charge in [-0.1, -0.05) is 0 Å². The molecule has 0 saturated carbocycles. The van der Waals surface area contributed by atoms with Crippen LogP contribution in [-0.2, 0) is 0 Å². The van der Waals surface area contributed by atoms with Gasteiger partial charge >= 0.3 is 0 Å². The first-order valence-electron chi connectivity index (χ1n) is 4.32. The Balaban J connectivity index is 2.48. The fraction of sp³-hybridized carbons (Fsp3) is 0.200. The van der Waals surface area contributed by atoms with E-state index in [1.807, 2.05) is 19.1 Å². The molecule has 4 nitrogen and oxygen atoms in total. The summed E-state index contributed by atoms with van der Waals surface area (Å²) in [5.74, 6) is 0.698. The van der Waals surface area contributed by atoms with Crippen LogP contribution in [-0.4, -0.2) is 22.3 Å². The summed E-state index contributed by atoms with van der Waals surface area (Å²) in [6, 6.07) is 3.85. The summed E-state index contributed by atoms with van der Waals surface area (Å²) in [5.41, 5.74) is 2.88. The van der Waals surface area contributed by atoms with Crippen molar-refractivity contribution in [3.05, 3.63) is 30.1 Å². The smallest absolute Gasteiger partial charge is 0.212 e. The summed E-state index contributed by atoms with van der Waals surface area (Å²) in [5, 5.41) is 6.99. The van der Waals surface area contributed by atoms with Crippen molar-refractivity contribution in [2.45, 2.75) is 6.92 Å². The Hall–Kier alpha value is -1.84. The van der Waals surface area contributed by atoms with E-state index in [1.54, 1.807) is 19.5 Å². The molecule has 4 heteroatoms. The van der Waals surface area contributed by atoms with Gasteiger partial charge < -0.3 is 4.74 Å². The molecule has 0 unspecified atom stereocenters. The predicted octanol–water partition coefficient (Wildman–Crippen LogP) is 1.79. The molecule has 2 aromatic rings. The Morgan fingerprint density at radius 2 is 2.29 bits per heavy atom. The van der Waals surface area contributed by atoms with Gasteiger partial charge in [-0.2, -0.15) is 5.10 Å². The molecule has 0 aliphatic rings. The molecule has 2 rings (SSSR count). The van der Waals surface area contributed by atoms with Gasteiger partial charge in [-0.05, 0) is 19.1 Å². The number of aromatic amines is 1. The number of hydrogen-bond acceptors (Lipinski definition) is 3. The minimum atomic E-state index is 0.698. The lowest BCUT2D eigenvalue weighted by molar-refractivity contribution is 0.394. The molecule has 0 bridgehead atoms. The summed E-state index contributed by atoms with van der Waals surface area (Å²) in [6.07, 6.45) is 3.52. The van der Waals surface area contributed by atoms with Gasteiger partial charge in [-0.25, -0.2) is 5.10 Å². The molecular weight excluding hydrogens is 178 g/mol. The maximum atomic E-state index is 5.11. The van der Waals surface area contributed by atoms with E-state index in [4.69, 9.17) is 4.74 Å². The summed E-state index contributed by atoms with van der Waals surface area (Å²) in [7, 11) is 1.62. The lowest BCUT2D eigenvalue weighted by Gasteiger charge is -1.97. The summed E-state index contributed by atoms with van der Waals surface area (Å²) in [6.45, 7) is 1.96. The lowest BCUT2D eigenvalue weighted by atomic mass is 10.1. The third-order valence-electron chi connectivity index (χ3n) is 2.10. The number of nitrogens with zero attached hydrogens (tertiary/aromatic N) is 2. The Labute approximate surface area is 81.9 Å². The molecule has 1 N–H and O–H groups in total. The van der Waals surface area contributed by atoms with Crippen LogP contribution in [0.1, 0.15) is 5.56 Å². The average Bonchev–Trinajstić information content (AvgIpc) is 2.61. The fourth-order valence-electron chi connectivity index (χ4n) is 1.36. The van der Waals surface area contributed by atoms with E-state index in [2.05, 4.69) is 15.2 Å². The second-order valence-corrected chi connectivity index (χ2v) is 2.97. The van der Waals surface area contributed by atoms with Crippen molar-refractivity contribution in [1.29, 1.82) is 0 Å². The van der Waals surface area contributed by atoms with E-state index >= 15 is 0 Å². The molecule has 0 amide bonds. The highest BCUT2D eigenvalue weighted by atomic mass is 16.5. The average molecular weight is 189 g/mol. The van der Waals surface area contributed by atoms with Crippen LogP contribution >= 0.6 is 0 Å². The normalized spacial score (nSPS) is 10.1. The topological polar surface area (TPSA) is 50.8 Å². The first-order chi connectivity index (χ1) is 6.83. The molecule has 2 aromatic heterocycles. The fourth-order valence-corrected chi connectivity index (χ4v) is 1.36. The molecular formula is C10H11N3O. The van der Waals surface area contributed by atoms with E-state index in [0.29, 0.717) is 5.88 Å². The number of H-pyrrole nitrogens is 1. The van der Waals surface area contributed by atoms with Crippen LogP contribution in [0.2, 0.25) is 0 Å². The van der Waals surface area contributed by atoms with Crippen LogP contribution in [0.25, 0.3) is 11.3 Å². The molecule has 0 atom stereocenters. The van der Waals surface area contributed by atoms with Crippen molar-refractivity contribution < 1.29 is 4.74 Å². The standard InChI is InChI=1S/C10H11N3O/c1-7-9(12-13-10(7)14-2)8-4-3-5-11-6-8/h3-6H,1-2H3,(H,12,13). The quantitative estimate of drug-likeness (QED) is 0.783. The number of pyridine rings is 1. The van der Waals surface area contributed by atoms with Gasteiger partial charge in [-0.15, -0.1) is 0 Å². The highest BCUT2D eigenvalue weighted by Gasteiger charge is 2.10. The van der Waals surface area contributed by atoms with Gasteiger partial charge in [0.2, 0.25) is 5.88 Å². The summed E-state index contributed by atoms with van der Waals surface area (Å²) in [4.78, 5) is 4.04. The van der Waals surface area contributed by atoms with Crippen LogP contribution in [0.3, 0.4) is 0 Å². The molecule has 0 aliphatic carbocycles. The van der Waals surface area contributed by atoms with Crippen LogP contribution in [0.5, 0.6) is 5.88 Å². The monoisotopic (exact) mass is 189 g/mol. The lowest BCUT2D eigenvalue weighted by Crippen LogP contribution is -1.84. The molecule has 0 saturated heterocycles. The van der Waals surface area contributed by atoms with Gasteiger partial charge in [0.1, 0.15) is 5.69 Å². The molecule has 0 spiro atoms. The number of methoxy groups -OCH3 is 1. The van der Waals surface area contributed by atoms with Gasteiger partial charge in [0.05, 0.1) is 7.11 Å². The molecule has 0 radical (unpaired) electrons. The van der Waals surface area contributed by atoms with Crippen LogP contribution in [0.4, 0.5) is 0 Å². The van der Waals surface area contributed by atoms with Crippen molar-refractivity contribution >= 4 is 0 Å².